The van der Waals surface area contributed by atoms with E-state index in [1.807, 2.05) is 24.3 Å². The summed E-state index contributed by atoms with van der Waals surface area (Å²) >= 11 is 3.45. The topological polar surface area (TPSA) is 20.3 Å². The molecule has 0 aromatic heterocycles. The van der Waals surface area contributed by atoms with Gasteiger partial charge in [-0.15, -0.1) is 0 Å². The number of carbonyl (C=O) groups excluding carboxylic acids is 1. The number of carbonyl (C=O) groups is 1. The van der Waals surface area contributed by atoms with Gasteiger partial charge in [0.25, 0.3) is 5.91 Å². The number of rotatable bonds is 4. The molecule has 0 saturated heterocycles. The van der Waals surface area contributed by atoms with Gasteiger partial charge in [0.2, 0.25) is 0 Å². The molecule has 0 unspecified atom stereocenters. The largest absolute Gasteiger partial charge is 0.311 e. The number of benzene rings is 1. The maximum atomic E-state index is 11.7. The zero-order valence-corrected chi connectivity index (χ0v) is 10.8. The van der Waals surface area contributed by atoms with E-state index in [9.17, 15) is 4.79 Å². The van der Waals surface area contributed by atoms with Crippen molar-refractivity contribution < 1.29 is 4.79 Å². The van der Waals surface area contributed by atoms with Crippen LogP contribution in [-0.4, -0.2) is 10.8 Å². The van der Waals surface area contributed by atoms with Crippen molar-refractivity contribution in [1.29, 1.82) is 0 Å². The third-order valence-corrected chi connectivity index (χ3v) is 2.92. The number of halogens is 1. The first-order valence-corrected chi connectivity index (χ1v) is 5.68. The van der Waals surface area contributed by atoms with Gasteiger partial charge in [0.1, 0.15) is 0 Å². The Bertz CT molecular complexity index is 426. The molecule has 16 heavy (non-hydrogen) atoms. The Balaban J connectivity index is 2.86. The lowest BCUT2D eigenvalue weighted by molar-refractivity contribution is -0.125. The molecule has 1 amide bonds. The highest BCUT2D eigenvalue weighted by molar-refractivity contribution is 9.10. The van der Waals surface area contributed by atoms with Crippen molar-refractivity contribution in [3.8, 4) is 0 Å². The van der Waals surface area contributed by atoms with Gasteiger partial charge < -0.3 is 4.90 Å². The first-order valence-electron chi connectivity index (χ1n) is 4.88. The Labute approximate surface area is 104 Å². The monoisotopic (exact) mass is 279 g/mol. The standard InChI is InChI=1S/C13H14BrNO/c1-4-15(13(16)10(2)3)9-11-7-5-6-8-12(11)14/h4-8H,1-2,9H2,3H3. The minimum Gasteiger partial charge on any atom is -0.311 e. The molecule has 0 aliphatic rings. The summed E-state index contributed by atoms with van der Waals surface area (Å²) in [5, 5.41) is 0. The number of hydrogen-bond donors (Lipinski definition) is 0. The average Bonchev–Trinajstić information content (AvgIpc) is 2.27. The molecule has 1 aromatic carbocycles. The summed E-state index contributed by atoms with van der Waals surface area (Å²) in [4.78, 5) is 13.3. The molecule has 1 rings (SSSR count). The van der Waals surface area contributed by atoms with E-state index >= 15 is 0 Å². The van der Waals surface area contributed by atoms with E-state index in [2.05, 4.69) is 29.1 Å². The summed E-state index contributed by atoms with van der Waals surface area (Å²) in [5.41, 5.74) is 1.55. The quantitative estimate of drug-likeness (QED) is 0.773. The fraction of sp³-hybridized carbons (Fsp3) is 0.154. The third-order valence-electron chi connectivity index (χ3n) is 2.14. The second kappa shape index (κ2) is 5.66. The van der Waals surface area contributed by atoms with Crippen molar-refractivity contribution in [2.45, 2.75) is 13.5 Å². The predicted molar refractivity (Wildman–Crippen MR) is 69.7 cm³/mol. The smallest absolute Gasteiger partial charge is 0.253 e. The minimum atomic E-state index is -0.106. The van der Waals surface area contributed by atoms with E-state index in [0.717, 1.165) is 10.0 Å². The Morgan fingerprint density at radius 2 is 2.12 bits per heavy atom. The lowest BCUT2D eigenvalue weighted by Gasteiger charge is -2.18. The fourth-order valence-corrected chi connectivity index (χ4v) is 1.68. The van der Waals surface area contributed by atoms with E-state index in [4.69, 9.17) is 0 Å². The lowest BCUT2D eigenvalue weighted by Crippen LogP contribution is -2.25. The van der Waals surface area contributed by atoms with Gasteiger partial charge in [-0.05, 0) is 18.6 Å². The van der Waals surface area contributed by atoms with Crippen LogP contribution in [0.4, 0.5) is 0 Å². The van der Waals surface area contributed by atoms with Crippen LogP contribution in [-0.2, 0) is 11.3 Å². The molecule has 0 radical (unpaired) electrons. The summed E-state index contributed by atoms with van der Waals surface area (Å²) in [6.45, 7) is 9.47. The van der Waals surface area contributed by atoms with E-state index in [0.29, 0.717) is 12.1 Å². The molecule has 0 heterocycles. The highest BCUT2D eigenvalue weighted by atomic mass is 79.9. The summed E-state index contributed by atoms with van der Waals surface area (Å²) in [6.07, 6.45) is 1.52. The number of nitrogens with zero attached hydrogens (tertiary/aromatic N) is 1. The Hall–Kier alpha value is -1.35. The van der Waals surface area contributed by atoms with Crippen LogP contribution in [0.1, 0.15) is 12.5 Å². The van der Waals surface area contributed by atoms with Crippen LogP contribution in [0.2, 0.25) is 0 Å². The SMILES string of the molecule is C=CN(Cc1ccccc1Br)C(=O)C(=C)C. The second-order valence-electron chi connectivity index (χ2n) is 3.49. The molecular weight excluding hydrogens is 266 g/mol. The normalized spacial score (nSPS) is 9.62. The van der Waals surface area contributed by atoms with Gasteiger partial charge >= 0.3 is 0 Å². The second-order valence-corrected chi connectivity index (χ2v) is 4.34. The highest BCUT2D eigenvalue weighted by Gasteiger charge is 2.12. The van der Waals surface area contributed by atoms with E-state index in [-0.39, 0.29) is 5.91 Å². The van der Waals surface area contributed by atoms with Crippen LogP contribution < -0.4 is 0 Å². The van der Waals surface area contributed by atoms with E-state index in [1.165, 1.54) is 6.20 Å². The van der Waals surface area contributed by atoms with E-state index < -0.39 is 0 Å². The molecule has 0 N–H and O–H groups in total. The number of hydrogen-bond acceptors (Lipinski definition) is 1. The van der Waals surface area contributed by atoms with Gasteiger partial charge in [-0.2, -0.15) is 0 Å². The highest BCUT2D eigenvalue weighted by Crippen LogP contribution is 2.18. The van der Waals surface area contributed by atoms with Crippen molar-refractivity contribution in [1.82, 2.24) is 4.90 Å². The zero-order valence-electron chi connectivity index (χ0n) is 9.24. The average molecular weight is 280 g/mol. The Morgan fingerprint density at radius 1 is 1.50 bits per heavy atom. The molecule has 0 spiro atoms. The van der Waals surface area contributed by atoms with Gasteiger partial charge in [-0.1, -0.05) is 47.3 Å². The molecule has 0 atom stereocenters. The molecular formula is C13H14BrNO. The van der Waals surface area contributed by atoms with Crippen molar-refractivity contribution in [2.24, 2.45) is 0 Å². The van der Waals surface area contributed by atoms with Crippen LogP contribution in [0, 0.1) is 0 Å². The molecule has 3 heteroatoms. The molecule has 0 aliphatic heterocycles. The van der Waals surface area contributed by atoms with Crippen molar-refractivity contribution >= 4 is 21.8 Å². The molecule has 0 bridgehead atoms. The molecule has 0 aliphatic carbocycles. The van der Waals surface area contributed by atoms with Gasteiger partial charge in [0.15, 0.2) is 0 Å². The minimum absolute atomic E-state index is 0.106. The maximum Gasteiger partial charge on any atom is 0.253 e. The molecule has 0 saturated carbocycles. The first kappa shape index (κ1) is 12.7. The summed E-state index contributed by atoms with van der Waals surface area (Å²) in [7, 11) is 0. The van der Waals surface area contributed by atoms with Gasteiger partial charge in [-0.25, -0.2) is 0 Å². The van der Waals surface area contributed by atoms with Gasteiger partial charge in [0, 0.05) is 16.2 Å². The van der Waals surface area contributed by atoms with Crippen LogP contribution in [0.15, 0.2) is 53.7 Å². The predicted octanol–water partition coefficient (Wildman–Crippen LogP) is 3.50. The molecule has 0 fully saturated rings. The van der Waals surface area contributed by atoms with Crippen molar-refractivity contribution in [3.05, 3.63) is 59.2 Å². The van der Waals surface area contributed by atoms with Gasteiger partial charge in [-0.3, -0.25) is 4.79 Å². The van der Waals surface area contributed by atoms with Crippen LogP contribution in [0.3, 0.4) is 0 Å². The Kier molecular flexibility index (Phi) is 4.50. The lowest BCUT2D eigenvalue weighted by atomic mass is 10.2. The molecule has 1 aromatic rings. The van der Waals surface area contributed by atoms with Crippen LogP contribution in [0.25, 0.3) is 0 Å². The van der Waals surface area contributed by atoms with Crippen LogP contribution >= 0.6 is 15.9 Å². The molecule has 2 nitrogen and oxygen atoms in total. The first-order chi connectivity index (χ1) is 7.56. The molecule has 84 valence electrons. The Morgan fingerprint density at radius 3 is 2.62 bits per heavy atom. The third kappa shape index (κ3) is 3.07. The summed E-state index contributed by atoms with van der Waals surface area (Å²) < 4.78 is 0.983. The maximum absolute atomic E-state index is 11.7. The zero-order chi connectivity index (χ0) is 12.1. The van der Waals surface area contributed by atoms with Gasteiger partial charge in [0.05, 0.1) is 6.54 Å². The van der Waals surface area contributed by atoms with Crippen LogP contribution in [0.5, 0.6) is 0 Å². The fourth-order valence-electron chi connectivity index (χ4n) is 1.27. The van der Waals surface area contributed by atoms with Crippen molar-refractivity contribution in [3.63, 3.8) is 0 Å². The number of amides is 1. The summed E-state index contributed by atoms with van der Waals surface area (Å²) in [5.74, 6) is -0.106. The van der Waals surface area contributed by atoms with Crippen molar-refractivity contribution in [2.75, 3.05) is 0 Å². The van der Waals surface area contributed by atoms with E-state index in [1.54, 1.807) is 11.8 Å². The summed E-state index contributed by atoms with van der Waals surface area (Å²) in [6, 6.07) is 7.78.